The van der Waals surface area contributed by atoms with Gasteiger partial charge in [0.25, 0.3) is 0 Å². The molecule has 1 atom stereocenters. The number of aliphatic hydroxyl groups is 1. The minimum Gasteiger partial charge on any atom is -0.481 e. The van der Waals surface area contributed by atoms with Crippen LogP contribution in [-0.2, 0) is 11.8 Å². The fraction of sp³-hybridized carbons (Fsp3) is 0.500. The van der Waals surface area contributed by atoms with E-state index in [4.69, 9.17) is 5.11 Å². The molecule has 0 saturated carbocycles. The van der Waals surface area contributed by atoms with Crippen LogP contribution in [0.3, 0.4) is 0 Å². The van der Waals surface area contributed by atoms with E-state index < -0.39 is 12.1 Å². The van der Waals surface area contributed by atoms with Gasteiger partial charge >= 0.3 is 5.97 Å². The number of aliphatic hydroxyl groups excluding tert-OH is 1. The van der Waals surface area contributed by atoms with Crippen LogP contribution in [0.4, 0.5) is 0 Å². The zero-order valence-electron chi connectivity index (χ0n) is 7.56. The van der Waals surface area contributed by atoms with Crippen LogP contribution in [-0.4, -0.2) is 26.0 Å². The first-order valence-corrected chi connectivity index (χ1v) is 3.90. The average Bonchev–Trinajstić information content (AvgIpc) is 2.28. The van der Waals surface area contributed by atoms with Gasteiger partial charge in [-0.05, 0) is 6.92 Å². The molecule has 1 aromatic rings. The number of nitrogens with zero attached hydrogens (tertiary/aromatic N) is 2. The second kappa shape index (κ2) is 3.57. The van der Waals surface area contributed by atoms with Crippen molar-refractivity contribution in [3.63, 3.8) is 0 Å². The van der Waals surface area contributed by atoms with Crippen molar-refractivity contribution in [2.75, 3.05) is 0 Å². The lowest BCUT2D eigenvalue weighted by molar-refractivity contribution is -0.139. The lowest BCUT2D eigenvalue weighted by Crippen LogP contribution is -2.05. The molecule has 0 spiro atoms. The van der Waals surface area contributed by atoms with E-state index in [0.717, 1.165) is 0 Å². The molecular weight excluding hydrogens is 172 g/mol. The van der Waals surface area contributed by atoms with Crippen LogP contribution >= 0.6 is 0 Å². The summed E-state index contributed by atoms with van der Waals surface area (Å²) in [4.78, 5) is 10.3. The van der Waals surface area contributed by atoms with Crippen LogP contribution < -0.4 is 0 Å². The van der Waals surface area contributed by atoms with Crippen molar-refractivity contribution in [3.8, 4) is 0 Å². The highest BCUT2D eigenvalue weighted by atomic mass is 16.4. The van der Waals surface area contributed by atoms with Crippen LogP contribution in [0.5, 0.6) is 0 Å². The number of carboxylic acid groups (broad SMARTS) is 1. The van der Waals surface area contributed by atoms with Gasteiger partial charge in [0.05, 0.1) is 18.2 Å². The summed E-state index contributed by atoms with van der Waals surface area (Å²) < 4.78 is 1.55. The Kier molecular flexibility index (Phi) is 2.67. The van der Waals surface area contributed by atoms with Gasteiger partial charge in [0.2, 0.25) is 0 Å². The predicted octanol–water partition coefficient (Wildman–Crippen LogP) is 0.237. The quantitative estimate of drug-likeness (QED) is 0.705. The maximum atomic E-state index is 10.3. The molecule has 5 heteroatoms. The third-order valence-electron chi connectivity index (χ3n) is 1.78. The Balaban J connectivity index is 2.81. The molecule has 0 fully saturated rings. The van der Waals surface area contributed by atoms with Gasteiger partial charge < -0.3 is 10.2 Å². The number of carbonyl (C=O) groups is 1. The average molecular weight is 184 g/mol. The van der Waals surface area contributed by atoms with Crippen molar-refractivity contribution in [1.29, 1.82) is 0 Å². The molecule has 1 rings (SSSR count). The summed E-state index contributed by atoms with van der Waals surface area (Å²) >= 11 is 0. The molecule has 2 N–H and O–H groups in total. The highest BCUT2D eigenvalue weighted by Crippen LogP contribution is 2.18. The molecule has 5 nitrogen and oxygen atoms in total. The molecule has 0 radical (unpaired) electrons. The van der Waals surface area contributed by atoms with Crippen molar-refractivity contribution in [1.82, 2.24) is 9.78 Å². The lowest BCUT2D eigenvalue weighted by atomic mass is 10.1. The highest BCUT2D eigenvalue weighted by molar-refractivity contribution is 5.67. The van der Waals surface area contributed by atoms with E-state index in [-0.39, 0.29) is 6.42 Å². The molecule has 0 aromatic carbocycles. The van der Waals surface area contributed by atoms with E-state index in [1.165, 1.54) is 0 Å². The van der Waals surface area contributed by atoms with Crippen LogP contribution in [0.1, 0.15) is 23.8 Å². The van der Waals surface area contributed by atoms with Crippen molar-refractivity contribution in [2.45, 2.75) is 19.4 Å². The number of hydrogen-bond acceptors (Lipinski definition) is 3. The van der Waals surface area contributed by atoms with E-state index in [1.807, 2.05) is 0 Å². The van der Waals surface area contributed by atoms with Gasteiger partial charge in [-0.15, -0.1) is 0 Å². The summed E-state index contributed by atoms with van der Waals surface area (Å²) in [6, 6.07) is 0. The van der Waals surface area contributed by atoms with Crippen LogP contribution in [0, 0.1) is 6.92 Å². The summed E-state index contributed by atoms with van der Waals surface area (Å²) in [5, 5.41) is 21.9. The molecule has 0 aliphatic heterocycles. The topological polar surface area (TPSA) is 75.3 Å². The summed E-state index contributed by atoms with van der Waals surface area (Å²) in [7, 11) is 1.73. The Morgan fingerprint density at radius 3 is 2.77 bits per heavy atom. The SMILES string of the molecule is Cc1nn(C)cc1C(O)CC(=O)O. The summed E-state index contributed by atoms with van der Waals surface area (Å²) in [6.45, 7) is 1.74. The summed E-state index contributed by atoms with van der Waals surface area (Å²) in [6.07, 6.45) is 0.376. The van der Waals surface area contributed by atoms with Crippen LogP contribution in [0.15, 0.2) is 6.20 Å². The minimum absolute atomic E-state index is 0.285. The summed E-state index contributed by atoms with van der Waals surface area (Å²) in [5.74, 6) is -1.02. The number of aryl methyl sites for hydroxylation is 2. The van der Waals surface area contributed by atoms with E-state index in [2.05, 4.69) is 5.10 Å². The Bertz CT molecular complexity index is 319. The highest BCUT2D eigenvalue weighted by Gasteiger charge is 2.16. The maximum absolute atomic E-state index is 10.3. The number of aliphatic carboxylic acids is 1. The van der Waals surface area contributed by atoms with Crippen molar-refractivity contribution < 1.29 is 15.0 Å². The first-order chi connectivity index (χ1) is 6.00. The van der Waals surface area contributed by atoms with Gasteiger partial charge in [-0.2, -0.15) is 5.10 Å². The van der Waals surface area contributed by atoms with Gasteiger partial charge in [-0.1, -0.05) is 0 Å². The van der Waals surface area contributed by atoms with Gasteiger partial charge in [-0.3, -0.25) is 9.48 Å². The molecular formula is C8H12N2O3. The zero-order valence-corrected chi connectivity index (χ0v) is 7.56. The van der Waals surface area contributed by atoms with Crippen LogP contribution in [0.2, 0.25) is 0 Å². The third kappa shape index (κ3) is 2.29. The lowest BCUT2D eigenvalue weighted by Gasteiger charge is -2.04. The number of aromatic nitrogens is 2. The molecule has 0 amide bonds. The Labute approximate surface area is 75.6 Å². The monoisotopic (exact) mass is 184 g/mol. The molecule has 1 unspecified atom stereocenters. The standard InChI is InChI=1S/C8H12N2O3/c1-5-6(4-10(2)9-5)7(11)3-8(12)13/h4,7,11H,3H2,1-2H3,(H,12,13). The zero-order chi connectivity index (χ0) is 10.0. The van der Waals surface area contributed by atoms with E-state index >= 15 is 0 Å². The second-order valence-corrected chi connectivity index (χ2v) is 2.96. The van der Waals surface area contributed by atoms with Gasteiger partial charge in [0, 0.05) is 18.8 Å². The normalized spacial score (nSPS) is 12.8. The number of rotatable bonds is 3. The largest absolute Gasteiger partial charge is 0.481 e. The fourth-order valence-electron chi connectivity index (χ4n) is 1.22. The predicted molar refractivity (Wildman–Crippen MR) is 45.2 cm³/mol. The van der Waals surface area contributed by atoms with Crippen molar-refractivity contribution in [2.24, 2.45) is 7.05 Å². The van der Waals surface area contributed by atoms with E-state index in [1.54, 1.807) is 24.9 Å². The second-order valence-electron chi connectivity index (χ2n) is 2.96. The Hall–Kier alpha value is -1.36. The Morgan fingerprint density at radius 2 is 2.38 bits per heavy atom. The Morgan fingerprint density at radius 1 is 1.77 bits per heavy atom. The van der Waals surface area contributed by atoms with E-state index in [0.29, 0.717) is 11.3 Å². The first-order valence-electron chi connectivity index (χ1n) is 3.90. The smallest absolute Gasteiger partial charge is 0.306 e. The summed E-state index contributed by atoms with van der Waals surface area (Å²) in [5.41, 5.74) is 1.24. The molecule has 0 saturated heterocycles. The minimum atomic E-state index is -1.02. The van der Waals surface area contributed by atoms with Gasteiger partial charge in [-0.25, -0.2) is 0 Å². The van der Waals surface area contributed by atoms with Gasteiger partial charge in [0.1, 0.15) is 0 Å². The molecule has 72 valence electrons. The van der Waals surface area contributed by atoms with Crippen LogP contribution in [0.25, 0.3) is 0 Å². The third-order valence-corrected chi connectivity index (χ3v) is 1.78. The van der Waals surface area contributed by atoms with E-state index in [9.17, 15) is 9.90 Å². The fourth-order valence-corrected chi connectivity index (χ4v) is 1.22. The molecule has 1 aromatic heterocycles. The molecule has 0 aliphatic carbocycles. The molecule has 1 heterocycles. The molecule has 0 aliphatic rings. The van der Waals surface area contributed by atoms with Crippen molar-refractivity contribution in [3.05, 3.63) is 17.5 Å². The molecule has 13 heavy (non-hydrogen) atoms. The van der Waals surface area contributed by atoms with Gasteiger partial charge in [0.15, 0.2) is 0 Å². The first kappa shape index (κ1) is 9.73. The molecule has 0 bridgehead atoms. The maximum Gasteiger partial charge on any atom is 0.306 e. The number of hydrogen-bond donors (Lipinski definition) is 2. The van der Waals surface area contributed by atoms with Crippen molar-refractivity contribution >= 4 is 5.97 Å². The number of carboxylic acids is 1.